The molecule has 2 aliphatic rings. The molecule has 0 unspecified atom stereocenters. The molecule has 0 saturated heterocycles. The van der Waals surface area contributed by atoms with E-state index in [-0.39, 0.29) is 5.92 Å². The fourth-order valence-corrected chi connectivity index (χ4v) is 15.9. The third-order valence-corrected chi connectivity index (χ3v) is 18.7. The van der Waals surface area contributed by atoms with Crippen molar-refractivity contribution in [3.05, 3.63) is 270 Å². The summed E-state index contributed by atoms with van der Waals surface area (Å²) in [5.74, 6) is 1.70. The van der Waals surface area contributed by atoms with Crippen LogP contribution in [0.25, 0.3) is 27.8 Å². The van der Waals surface area contributed by atoms with Crippen molar-refractivity contribution in [3.63, 3.8) is 0 Å². The summed E-state index contributed by atoms with van der Waals surface area (Å²) in [6.07, 6.45) is 1.70. The molecule has 312 valence electrons. The van der Waals surface area contributed by atoms with Crippen LogP contribution in [0.5, 0.6) is 0 Å². The summed E-state index contributed by atoms with van der Waals surface area (Å²) in [5.41, 5.74) is 11.8. The Morgan fingerprint density at radius 3 is 1.41 bits per heavy atom. The molecule has 9 aromatic carbocycles. The summed E-state index contributed by atoms with van der Waals surface area (Å²) >= 11 is 0. The van der Waals surface area contributed by atoms with E-state index in [2.05, 4.69) is 240 Å². The van der Waals surface area contributed by atoms with Crippen LogP contribution in [0.1, 0.15) is 45.1 Å². The van der Waals surface area contributed by atoms with Gasteiger partial charge in [-0.25, -0.2) is 0 Å². The minimum absolute atomic E-state index is 0.208. The molecule has 13 rings (SSSR count). The molecule has 2 aromatic heterocycles. The molecule has 3 heterocycles. The van der Waals surface area contributed by atoms with E-state index in [9.17, 15) is 0 Å². The molecular weight excluding hydrogens is 819 g/mol. The van der Waals surface area contributed by atoms with Gasteiger partial charge in [0.05, 0.1) is 28.3 Å². The van der Waals surface area contributed by atoms with Crippen LogP contribution in [0.4, 0.5) is 17.3 Å². The number of aromatic nitrogens is 4. The molecule has 0 fully saturated rings. The smallest absolute Gasteiger partial charge is 0.239 e. The minimum Gasteiger partial charge on any atom is -0.278 e. The molecule has 0 radical (unpaired) electrons. The quantitative estimate of drug-likeness (QED) is 0.118. The van der Waals surface area contributed by atoms with Gasteiger partial charge in [0.25, 0.3) is 0 Å². The number of para-hydroxylation sites is 3. The van der Waals surface area contributed by atoms with Crippen LogP contribution >= 0.6 is 0 Å². The van der Waals surface area contributed by atoms with E-state index in [1.807, 2.05) is 0 Å². The Hall–Kier alpha value is -8.19. The zero-order valence-electron chi connectivity index (χ0n) is 36.2. The van der Waals surface area contributed by atoms with Gasteiger partial charge in [0.15, 0.2) is 8.07 Å². The first-order valence-electron chi connectivity index (χ1n) is 22.8. The number of hydrogen-bond donors (Lipinski definition) is 0. The Balaban J connectivity index is 1.13. The third-order valence-electron chi connectivity index (χ3n) is 14.0. The van der Waals surface area contributed by atoms with Crippen molar-refractivity contribution in [2.75, 3.05) is 4.90 Å². The van der Waals surface area contributed by atoms with Gasteiger partial charge in [0.2, 0.25) is 11.9 Å². The first-order valence-corrected chi connectivity index (χ1v) is 24.8. The van der Waals surface area contributed by atoms with Crippen molar-refractivity contribution in [2.45, 2.75) is 18.8 Å². The third kappa shape index (κ3) is 5.95. The molecule has 1 aliphatic heterocycles. The molecule has 5 nitrogen and oxygen atoms in total. The summed E-state index contributed by atoms with van der Waals surface area (Å²) in [7, 11) is -2.90. The van der Waals surface area contributed by atoms with Crippen molar-refractivity contribution < 1.29 is 0 Å². The van der Waals surface area contributed by atoms with E-state index in [1.165, 1.54) is 54.1 Å². The number of hydrogen-bond acceptors (Lipinski definition) is 4. The van der Waals surface area contributed by atoms with Crippen molar-refractivity contribution in [1.29, 1.82) is 0 Å². The van der Waals surface area contributed by atoms with Gasteiger partial charge in [0, 0.05) is 17.2 Å². The van der Waals surface area contributed by atoms with Gasteiger partial charge in [-0.2, -0.15) is 15.0 Å². The van der Waals surface area contributed by atoms with E-state index in [0.29, 0.717) is 11.9 Å². The van der Waals surface area contributed by atoms with Gasteiger partial charge in [-0.1, -0.05) is 206 Å². The van der Waals surface area contributed by atoms with Crippen molar-refractivity contribution >= 4 is 67.9 Å². The second-order valence-corrected chi connectivity index (χ2v) is 21.3. The average molecular weight is 862 g/mol. The minimum atomic E-state index is -2.90. The Morgan fingerprint density at radius 1 is 0.364 bits per heavy atom. The van der Waals surface area contributed by atoms with E-state index < -0.39 is 8.07 Å². The molecule has 0 atom stereocenters. The number of nitrogens with zero attached hydrogens (tertiary/aromatic N) is 5. The van der Waals surface area contributed by atoms with Gasteiger partial charge in [-0.15, -0.1) is 0 Å². The molecule has 0 amide bonds. The summed E-state index contributed by atoms with van der Waals surface area (Å²) in [5, 5.41) is 7.56. The fourth-order valence-electron chi connectivity index (χ4n) is 11.1. The first-order chi connectivity index (χ1) is 32.7. The van der Waals surface area contributed by atoms with E-state index in [1.54, 1.807) is 0 Å². The highest BCUT2D eigenvalue weighted by Crippen LogP contribution is 2.45. The monoisotopic (exact) mass is 861 g/mol. The highest BCUT2D eigenvalue weighted by atomic mass is 28.3. The van der Waals surface area contributed by atoms with Crippen LogP contribution < -0.4 is 25.6 Å². The van der Waals surface area contributed by atoms with Gasteiger partial charge in [-0.3, -0.25) is 9.47 Å². The lowest BCUT2D eigenvalue weighted by molar-refractivity contribution is 0.775. The van der Waals surface area contributed by atoms with Crippen LogP contribution in [-0.4, -0.2) is 27.6 Å². The molecule has 1 aliphatic carbocycles. The van der Waals surface area contributed by atoms with Crippen LogP contribution in [0, 0.1) is 0 Å². The van der Waals surface area contributed by atoms with Gasteiger partial charge >= 0.3 is 0 Å². The molecular formula is C60H43N5Si. The zero-order valence-corrected chi connectivity index (χ0v) is 37.2. The summed E-state index contributed by atoms with van der Waals surface area (Å²) in [6.45, 7) is 0. The number of benzene rings is 9. The van der Waals surface area contributed by atoms with E-state index in [4.69, 9.17) is 15.0 Å². The molecule has 0 spiro atoms. The van der Waals surface area contributed by atoms with E-state index >= 15 is 0 Å². The lowest BCUT2D eigenvalue weighted by atomic mass is 9.78. The van der Waals surface area contributed by atoms with Crippen LogP contribution in [0.3, 0.4) is 0 Å². The highest BCUT2D eigenvalue weighted by Gasteiger charge is 2.42. The first kappa shape index (κ1) is 38.3. The molecule has 0 saturated carbocycles. The standard InChI is InChI=1S/C60H43N5Si/c1-4-24-45(25-5-1)66(46-26-6-2-7-27-46,47-28-8-3-9-29-47)48-36-37-52-51-32-16-19-35-55(51)65(56(52)40-48)60-62-58(57-49-30-14-10-20-41(49)38-42-21-11-15-31-50(42)57)61-59(63-60)64-53-33-17-12-22-43(53)39-44-23-13-18-34-54(44)64/h1-37,40,57H,38-39H2. The fraction of sp³-hybridized carbons (Fsp3) is 0.0500. The molecule has 0 bridgehead atoms. The van der Waals surface area contributed by atoms with Crippen LogP contribution in [0.15, 0.2) is 231 Å². The molecule has 0 N–H and O–H groups in total. The maximum Gasteiger partial charge on any atom is 0.239 e. The Bertz CT molecular complexity index is 3320. The predicted octanol–water partition coefficient (Wildman–Crippen LogP) is 10.8. The largest absolute Gasteiger partial charge is 0.278 e. The number of rotatable bonds is 7. The topological polar surface area (TPSA) is 46.8 Å². The van der Waals surface area contributed by atoms with Crippen molar-refractivity contribution in [1.82, 2.24) is 19.5 Å². The Labute approximate surface area is 385 Å². The predicted molar refractivity (Wildman–Crippen MR) is 272 cm³/mol. The highest BCUT2D eigenvalue weighted by molar-refractivity contribution is 7.20. The maximum atomic E-state index is 5.70. The second-order valence-electron chi connectivity index (χ2n) is 17.5. The van der Waals surface area contributed by atoms with Crippen LogP contribution in [-0.2, 0) is 12.8 Å². The average Bonchev–Trinajstić information content (AvgIpc) is 3.72. The van der Waals surface area contributed by atoms with Crippen molar-refractivity contribution in [3.8, 4) is 5.95 Å². The molecule has 6 heteroatoms. The normalized spacial score (nSPS) is 13.2. The summed E-state index contributed by atoms with van der Waals surface area (Å²) in [4.78, 5) is 19.2. The van der Waals surface area contributed by atoms with Gasteiger partial charge in [-0.05, 0) is 84.8 Å². The lowest BCUT2D eigenvalue weighted by Gasteiger charge is -2.34. The maximum absolute atomic E-state index is 5.70. The Kier molecular flexibility index (Phi) is 9.00. The van der Waals surface area contributed by atoms with Crippen LogP contribution in [0.2, 0.25) is 0 Å². The van der Waals surface area contributed by atoms with E-state index in [0.717, 1.165) is 51.8 Å². The SMILES string of the molecule is c1ccc([Si](c2ccccc2)(c2ccccc2)c2ccc3c4ccccc4n(-c4nc(C5c6ccccc6Cc6ccccc65)nc(N5c6ccccc6Cc6ccccc65)n4)c3c2)cc1. The molecule has 66 heavy (non-hydrogen) atoms. The van der Waals surface area contributed by atoms with Gasteiger partial charge in [0.1, 0.15) is 5.82 Å². The van der Waals surface area contributed by atoms with Gasteiger partial charge < -0.3 is 0 Å². The van der Waals surface area contributed by atoms with Crippen molar-refractivity contribution in [2.24, 2.45) is 0 Å². The molecule has 11 aromatic rings. The second kappa shape index (κ2) is 15.5. The lowest BCUT2D eigenvalue weighted by Crippen LogP contribution is -2.74. The summed E-state index contributed by atoms with van der Waals surface area (Å²) < 4.78 is 2.31. The number of fused-ring (bicyclic) bond motifs is 7. The Morgan fingerprint density at radius 2 is 0.818 bits per heavy atom. The summed E-state index contributed by atoms with van der Waals surface area (Å²) in [6, 6.07) is 84.3. The number of anilines is 3. The zero-order chi connectivity index (χ0) is 43.6.